The fraction of sp³-hybridized carbons (Fsp3) is 0.438. The van der Waals surface area contributed by atoms with E-state index in [-0.39, 0.29) is 0 Å². The van der Waals surface area contributed by atoms with Gasteiger partial charge in [-0.25, -0.2) is 4.99 Å². The summed E-state index contributed by atoms with van der Waals surface area (Å²) in [6, 6.07) is 8.04. The fourth-order valence-corrected chi connectivity index (χ4v) is 1.81. The summed E-state index contributed by atoms with van der Waals surface area (Å²) in [7, 11) is 0. The minimum Gasteiger partial charge on any atom is -0.469 e. The van der Waals surface area contributed by atoms with Crippen LogP contribution in [-0.2, 0) is 13.0 Å². The average Bonchev–Trinajstić information content (AvgIpc) is 3.17. The van der Waals surface area contributed by atoms with Gasteiger partial charge in [0.1, 0.15) is 18.1 Å². The number of guanidine groups is 1. The molecule has 0 amide bonds. The molecule has 0 aliphatic rings. The monoisotopic (exact) mass is 289 g/mol. The van der Waals surface area contributed by atoms with Gasteiger partial charge in [-0.2, -0.15) is 0 Å². The van der Waals surface area contributed by atoms with Crippen LogP contribution in [0.2, 0.25) is 0 Å². The Morgan fingerprint density at radius 2 is 1.90 bits per heavy atom. The molecule has 0 aliphatic carbocycles. The van der Waals surface area contributed by atoms with Crippen LogP contribution < -0.4 is 10.6 Å². The molecule has 0 radical (unpaired) electrons. The van der Waals surface area contributed by atoms with Crippen LogP contribution in [-0.4, -0.2) is 18.5 Å². The van der Waals surface area contributed by atoms with E-state index in [1.54, 1.807) is 12.5 Å². The molecule has 114 valence electrons. The number of aliphatic imine (C=N–C) groups is 1. The molecule has 5 nitrogen and oxygen atoms in total. The molecule has 0 spiro atoms. The van der Waals surface area contributed by atoms with Crippen molar-refractivity contribution in [1.82, 2.24) is 10.6 Å². The van der Waals surface area contributed by atoms with Crippen molar-refractivity contribution in [3.8, 4) is 0 Å². The summed E-state index contributed by atoms with van der Waals surface area (Å²) in [4.78, 5) is 4.54. The van der Waals surface area contributed by atoms with Crippen LogP contribution in [0.25, 0.3) is 0 Å². The van der Waals surface area contributed by atoms with E-state index in [2.05, 4.69) is 29.5 Å². The lowest BCUT2D eigenvalue weighted by molar-refractivity contribution is 0.503. The van der Waals surface area contributed by atoms with Crippen molar-refractivity contribution in [2.24, 2.45) is 4.99 Å². The van der Waals surface area contributed by atoms with Gasteiger partial charge in [-0.3, -0.25) is 0 Å². The quantitative estimate of drug-likeness (QED) is 0.607. The lowest BCUT2D eigenvalue weighted by Gasteiger charge is -2.16. The molecular weight excluding hydrogens is 266 g/mol. The summed E-state index contributed by atoms with van der Waals surface area (Å²) >= 11 is 0. The maximum absolute atomic E-state index is 5.32. The van der Waals surface area contributed by atoms with Crippen LogP contribution in [0.15, 0.2) is 50.6 Å². The van der Waals surface area contributed by atoms with Crippen LogP contribution in [0.5, 0.6) is 0 Å². The van der Waals surface area contributed by atoms with E-state index < -0.39 is 0 Å². The second-order valence-corrected chi connectivity index (χ2v) is 4.95. The first kappa shape index (κ1) is 15.2. The third-order valence-corrected chi connectivity index (χ3v) is 3.21. The molecule has 5 heteroatoms. The van der Waals surface area contributed by atoms with Crippen molar-refractivity contribution in [2.75, 3.05) is 6.54 Å². The molecule has 0 aromatic carbocycles. The summed E-state index contributed by atoms with van der Waals surface area (Å²) < 4.78 is 10.6. The first-order valence-corrected chi connectivity index (χ1v) is 7.37. The zero-order valence-electron chi connectivity index (χ0n) is 12.6. The molecule has 0 saturated carbocycles. The zero-order chi connectivity index (χ0) is 14.9. The number of furan rings is 2. The maximum atomic E-state index is 5.32. The predicted molar refractivity (Wildman–Crippen MR) is 83.2 cm³/mol. The minimum atomic E-state index is 0.372. The summed E-state index contributed by atoms with van der Waals surface area (Å²) in [5, 5.41) is 6.70. The summed E-state index contributed by atoms with van der Waals surface area (Å²) in [5.41, 5.74) is 0. The van der Waals surface area contributed by atoms with Gasteiger partial charge in [0.2, 0.25) is 0 Å². The Balaban J connectivity index is 1.86. The van der Waals surface area contributed by atoms with Gasteiger partial charge in [0.05, 0.1) is 12.5 Å². The van der Waals surface area contributed by atoms with E-state index in [1.807, 2.05) is 24.3 Å². The second-order valence-electron chi connectivity index (χ2n) is 4.95. The van der Waals surface area contributed by atoms with E-state index in [9.17, 15) is 0 Å². The van der Waals surface area contributed by atoms with Crippen LogP contribution in [0.1, 0.15) is 31.8 Å². The van der Waals surface area contributed by atoms with Gasteiger partial charge in [-0.1, -0.05) is 6.92 Å². The van der Waals surface area contributed by atoms with Gasteiger partial charge < -0.3 is 19.5 Å². The summed E-state index contributed by atoms with van der Waals surface area (Å²) in [6.07, 6.45) is 5.23. The topological polar surface area (TPSA) is 62.7 Å². The Hall–Kier alpha value is -2.17. The first-order chi connectivity index (χ1) is 10.3. The fourth-order valence-electron chi connectivity index (χ4n) is 1.81. The number of hydrogen-bond donors (Lipinski definition) is 2. The summed E-state index contributed by atoms with van der Waals surface area (Å²) in [5.74, 6) is 2.62. The average molecular weight is 289 g/mol. The van der Waals surface area contributed by atoms with Gasteiger partial charge in [-0.15, -0.1) is 0 Å². The van der Waals surface area contributed by atoms with Crippen molar-refractivity contribution in [3.63, 3.8) is 0 Å². The zero-order valence-corrected chi connectivity index (χ0v) is 12.6. The van der Waals surface area contributed by atoms with E-state index in [4.69, 9.17) is 8.83 Å². The van der Waals surface area contributed by atoms with Gasteiger partial charge in [0, 0.05) is 19.0 Å². The Bertz CT molecular complexity index is 518. The van der Waals surface area contributed by atoms with Crippen molar-refractivity contribution >= 4 is 5.96 Å². The third kappa shape index (κ3) is 5.38. The van der Waals surface area contributed by atoms with E-state index in [0.717, 1.165) is 36.9 Å². The second kappa shape index (κ2) is 8.19. The molecule has 2 rings (SSSR count). The van der Waals surface area contributed by atoms with Gasteiger partial charge in [0.25, 0.3) is 0 Å². The van der Waals surface area contributed by atoms with Gasteiger partial charge >= 0.3 is 0 Å². The highest BCUT2D eigenvalue weighted by atomic mass is 16.3. The minimum absolute atomic E-state index is 0.372. The molecule has 2 N–H and O–H groups in total. The molecule has 0 fully saturated rings. The third-order valence-electron chi connectivity index (χ3n) is 3.21. The highest BCUT2D eigenvalue weighted by Crippen LogP contribution is 2.02. The molecule has 1 unspecified atom stereocenters. The highest BCUT2D eigenvalue weighted by Gasteiger charge is 2.04. The van der Waals surface area contributed by atoms with Crippen LogP contribution in [0, 0.1) is 0 Å². The molecule has 21 heavy (non-hydrogen) atoms. The first-order valence-electron chi connectivity index (χ1n) is 7.37. The van der Waals surface area contributed by atoms with Crippen LogP contribution >= 0.6 is 0 Å². The molecular formula is C16H23N3O2. The van der Waals surface area contributed by atoms with E-state index >= 15 is 0 Å². The van der Waals surface area contributed by atoms with Gasteiger partial charge in [0.15, 0.2) is 5.96 Å². The lowest BCUT2D eigenvalue weighted by atomic mass is 10.3. The number of rotatable bonds is 7. The molecule has 2 aromatic rings. The number of nitrogens with zero attached hydrogens (tertiary/aromatic N) is 1. The predicted octanol–water partition coefficient (Wildman–Crippen LogP) is 2.95. The van der Waals surface area contributed by atoms with Crippen molar-refractivity contribution in [2.45, 2.75) is 39.3 Å². The summed E-state index contributed by atoms with van der Waals surface area (Å²) in [6.45, 7) is 5.58. The van der Waals surface area contributed by atoms with Crippen molar-refractivity contribution in [3.05, 3.63) is 48.3 Å². The van der Waals surface area contributed by atoms with Crippen LogP contribution in [0.3, 0.4) is 0 Å². The van der Waals surface area contributed by atoms with Crippen molar-refractivity contribution in [1.29, 1.82) is 0 Å². The molecule has 0 aliphatic heterocycles. The van der Waals surface area contributed by atoms with E-state index in [0.29, 0.717) is 12.6 Å². The normalized spacial score (nSPS) is 13.1. The molecule has 0 saturated heterocycles. The Morgan fingerprint density at radius 3 is 2.52 bits per heavy atom. The lowest BCUT2D eigenvalue weighted by Crippen LogP contribution is -2.42. The number of hydrogen-bond acceptors (Lipinski definition) is 3. The van der Waals surface area contributed by atoms with Gasteiger partial charge in [-0.05, 0) is 37.6 Å². The SMILES string of the molecule is CCC(C)NC(=NCc1ccco1)NCCc1ccco1. The molecule has 1 atom stereocenters. The smallest absolute Gasteiger partial charge is 0.191 e. The molecule has 0 bridgehead atoms. The molecule has 2 aromatic heterocycles. The molecule has 2 heterocycles. The largest absolute Gasteiger partial charge is 0.469 e. The standard InChI is InChI=1S/C16H23N3O2/c1-3-13(2)19-16(18-12-15-7-5-11-21-15)17-9-8-14-6-4-10-20-14/h4-7,10-11,13H,3,8-9,12H2,1-2H3,(H2,17,18,19). The van der Waals surface area contributed by atoms with E-state index in [1.165, 1.54) is 0 Å². The highest BCUT2D eigenvalue weighted by molar-refractivity contribution is 5.80. The number of nitrogens with one attached hydrogen (secondary N) is 2. The Kier molecular flexibility index (Phi) is 5.94. The van der Waals surface area contributed by atoms with Crippen molar-refractivity contribution < 1.29 is 8.83 Å². The Labute approximate surface area is 125 Å². The Morgan fingerprint density at radius 1 is 1.19 bits per heavy atom. The maximum Gasteiger partial charge on any atom is 0.191 e. The van der Waals surface area contributed by atoms with Crippen LogP contribution in [0.4, 0.5) is 0 Å².